The van der Waals surface area contributed by atoms with Crippen LogP contribution in [0.2, 0.25) is 0 Å². The van der Waals surface area contributed by atoms with Crippen LogP contribution in [0, 0.1) is 0 Å². The Morgan fingerprint density at radius 1 is 0.871 bits per heavy atom. The lowest BCUT2D eigenvalue weighted by atomic mass is 10.0. The fourth-order valence-electron chi connectivity index (χ4n) is 3.06. The lowest BCUT2D eigenvalue weighted by molar-refractivity contribution is -0.140. The molecule has 1 N–H and O–H groups in total. The highest BCUT2D eigenvalue weighted by Gasteiger charge is 2.07. The molecule has 0 radical (unpaired) electrons. The van der Waals surface area contributed by atoms with Crippen molar-refractivity contribution in [2.45, 2.75) is 72.6 Å². The van der Waals surface area contributed by atoms with Crippen molar-refractivity contribution in [3.05, 3.63) is 58.7 Å². The molecule has 0 saturated heterocycles. The summed E-state index contributed by atoms with van der Waals surface area (Å²) in [6.45, 7) is 7.65. The van der Waals surface area contributed by atoms with Crippen molar-refractivity contribution in [1.82, 2.24) is 0 Å². The van der Waals surface area contributed by atoms with Crippen molar-refractivity contribution in [2.24, 2.45) is 0 Å². The van der Waals surface area contributed by atoms with Gasteiger partial charge in [0, 0.05) is 18.9 Å². The molecule has 0 heterocycles. The minimum Gasteiger partial charge on any atom is -0.508 e. The van der Waals surface area contributed by atoms with Gasteiger partial charge in [0.2, 0.25) is 0 Å². The average Bonchev–Trinajstić information content (AvgIpc) is 2.71. The maximum Gasteiger partial charge on any atom is 0.308 e. The molecule has 1 aromatic carbocycles. The van der Waals surface area contributed by atoms with Gasteiger partial charge in [0.05, 0.1) is 7.11 Å². The van der Waals surface area contributed by atoms with Gasteiger partial charge in [-0.2, -0.15) is 0 Å². The molecule has 0 amide bonds. The first kappa shape index (κ1) is 26.2. The Hall–Kier alpha value is -2.82. The molecule has 0 unspecified atom stereocenters. The van der Waals surface area contributed by atoms with Crippen molar-refractivity contribution in [1.29, 1.82) is 0 Å². The van der Waals surface area contributed by atoms with Gasteiger partial charge in [0.25, 0.3) is 0 Å². The fourth-order valence-corrected chi connectivity index (χ4v) is 3.06. The second kappa shape index (κ2) is 14.2. The normalized spacial score (nSPS) is 12.6. The van der Waals surface area contributed by atoms with E-state index in [9.17, 15) is 14.7 Å². The molecule has 0 saturated carbocycles. The van der Waals surface area contributed by atoms with E-state index in [0.717, 1.165) is 37.7 Å². The molecule has 0 fully saturated rings. The van der Waals surface area contributed by atoms with Crippen LogP contribution in [0.3, 0.4) is 0 Å². The predicted molar refractivity (Wildman–Crippen MR) is 124 cm³/mol. The van der Waals surface area contributed by atoms with E-state index in [1.807, 2.05) is 0 Å². The highest BCUT2D eigenvalue weighted by molar-refractivity contribution is 5.70. The number of rotatable bonds is 12. The van der Waals surface area contributed by atoms with Gasteiger partial charge in [-0.25, -0.2) is 0 Å². The van der Waals surface area contributed by atoms with Crippen LogP contribution in [0.25, 0.3) is 0 Å². The number of aromatic hydroxyl groups is 1. The van der Waals surface area contributed by atoms with E-state index in [4.69, 9.17) is 4.74 Å². The van der Waals surface area contributed by atoms with Crippen LogP contribution in [-0.4, -0.2) is 24.2 Å². The van der Waals surface area contributed by atoms with E-state index in [0.29, 0.717) is 18.6 Å². The zero-order valence-corrected chi connectivity index (χ0v) is 19.5. The molecular weight excluding hydrogens is 392 g/mol. The summed E-state index contributed by atoms with van der Waals surface area (Å²) in [6, 6.07) is 4.77. The molecular formula is C26H36O5. The first-order valence-corrected chi connectivity index (χ1v) is 10.7. The average molecular weight is 429 g/mol. The molecule has 170 valence electrons. The Labute approximate surface area is 186 Å². The quantitative estimate of drug-likeness (QED) is 0.243. The Morgan fingerprint density at radius 2 is 1.45 bits per heavy atom. The molecule has 0 atom stereocenters. The topological polar surface area (TPSA) is 72.8 Å². The van der Waals surface area contributed by atoms with Crippen LogP contribution >= 0.6 is 0 Å². The van der Waals surface area contributed by atoms with Gasteiger partial charge < -0.3 is 14.6 Å². The van der Waals surface area contributed by atoms with E-state index < -0.39 is 0 Å². The SMILES string of the molecule is COC(=O)CC/C(C)=C/CC/C(C)=C/CC/C(C)=C/Cc1cc(O)ccc1OC(C)=O. The van der Waals surface area contributed by atoms with Gasteiger partial charge >= 0.3 is 11.9 Å². The zero-order valence-electron chi connectivity index (χ0n) is 19.5. The number of carbonyl (C=O) groups is 2. The molecule has 0 aliphatic rings. The van der Waals surface area contributed by atoms with Gasteiger partial charge in [0.1, 0.15) is 11.5 Å². The summed E-state index contributed by atoms with van der Waals surface area (Å²) in [6.07, 6.45) is 12.3. The van der Waals surface area contributed by atoms with E-state index in [-0.39, 0.29) is 17.7 Å². The summed E-state index contributed by atoms with van der Waals surface area (Å²) in [5, 5.41) is 9.72. The molecule has 0 aliphatic carbocycles. The third kappa shape index (κ3) is 11.8. The largest absolute Gasteiger partial charge is 0.508 e. The number of ether oxygens (including phenoxy) is 2. The molecule has 5 heteroatoms. The predicted octanol–water partition coefficient (Wildman–Crippen LogP) is 6.21. The van der Waals surface area contributed by atoms with Gasteiger partial charge in [-0.05, 0) is 77.5 Å². The molecule has 0 aromatic heterocycles. The summed E-state index contributed by atoms with van der Waals surface area (Å²) < 4.78 is 9.88. The lowest BCUT2D eigenvalue weighted by Crippen LogP contribution is -2.03. The molecule has 31 heavy (non-hydrogen) atoms. The monoisotopic (exact) mass is 428 g/mol. The molecule has 1 rings (SSSR count). The summed E-state index contributed by atoms with van der Waals surface area (Å²) in [7, 11) is 1.42. The summed E-state index contributed by atoms with van der Waals surface area (Å²) >= 11 is 0. The van der Waals surface area contributed by atoms with Crippen molar-refractivity contribution >= 4 is 11.9 Å². The summed E-state index contributed by atoms with van der Waals surface area (Å²) in [4.78, 5) is 22.4. The number of esters is 2. The first-order chi connectivity index (χ1) is 14.7. The Bertz CT molecular complexity index is 830. The number of hydrogen-bond donors (Lipinski definition) is 1. The van der Waals surface area contributed by atoms with Crippen LogP contribution in [0.15, 0.2) is 53.1 Å². The van der Waals surface area contributed by atoms with Crippen molar-refractivity contribution < 1.29 is 24.2 Å². The third-order valence-corrected chi connectivity index (χ3v) is 4.98. The minimum absolute atomic E-state index is 0.157. The van der Waals surface area contributed by atoms with Gasteiger partial charge in [-0.15, -0.1) is 0 Å². The zero-order chi connectivity index (χ0) is 23.2. The number of phenolic OH excluding ortho intramolecular Hbond substituents is 1. The van der Waals surface area contributed by atoms with Crippen LogP contribution in [0.1, 0.15) is 71.8 Å². The highest BCUT2D eigenvalue weighted by Crippen LogP contribution is 2.25. The van der Waals surface area contributed by atoms with E-state index in [1.54, 1.807) is 12.1 Å². The number of methoxy groups -OCH3 is 1. The maximum absolute atomic E-state index is 11.2. The third-order valence-electron chi connectivity index (χ3n) is 4.98. The Kier molecular flexibility index (Phi) is 12.0. The van der Waals surface area contributed by atoms with Crippen molar-refractivity contribution in [3.8, 4) is 11.5 Å². The molecule has 5 nitrogen and oxygen atoms in total. The van der Waals surface area contributed by atoms with Crippen molar-refractivity contribution in [2.75, 3.05) is 7.11 Å². The maximum atomic E-state index is 11.2. The molecule has 0 spiro atoms. The van der Waals surface area contributed by atoms with Crippen LogP contribution in [0.4, 0.5) is 0 Å². The number of hydrogen-bond acceptors (Lipinski definition) is 5. The molecule has 0 bridgehead atoms. The summed E-state index contributed by atoms with van der Waals surface area (Å²) in [5.41, 5.74) is 4.61. The Morgan fingerprint density at radius 3 is 2.03 bits per heavy atom. The minimum atomic E-state index is -0.373. The lowest BCUT2D eigenvalue weighted by Gasteiger charge is -2.08. The summed E-state index contributed by atoms with van der Waals surface area (Å²) in [5.74, 6) is 0.103. The Balaban J connectivity index is 2.46. The van der Waals surface area contributed by atoms with Crippen LogP contribution in [0.5, 0.6) is 11.5 Å². The number of benzene rings is 1. The number of carbonyl (C=O) groups excluding carboxylic acids is 2. The smallest absolute Gasteiger partial charge is 0.308 e. The van der Waals surface area contributed by atoms with Gasteiger partial charge in [-0.1, -0.05) is 34.9 Å². The molecule has 0 aliphatic heterocycles. The standard InChI is InChI=1S/C26H36O5/c1-19(9-7-11-21(3)13-17-26(29)30-5)8-6-10-20(2)12-14-23-18-24(28)15-16-25(23)31-22(4)27/h8,11-12,15-16,18,28H,6-7,9-10,13-14,17H2,1-5H3/b19-8+,20-12+,21-11+. The first-order valence-electron chi connectivity index (χ1n) is 10.7. The van der Waals surface area contributed by atoms with E-state index >= 15 is 0 Å². The van der Waals surface area contributed by atoms with Gasteiger partial charge in [-0.3, -0.25) is 9.59 Å². The number of allylic oxidation sites excluding steroid dienone is 6. The van der Waals surface area contributed by atoms with Crippen LogP contribution in [-0.2, 0) is 20.7 Å². The fraction of sp³-hybridized carbons (Fsp3) is 0.462. The van der Waals surface area contributed by atoms with E-state index in [1.165, 1.54) is 36.8 Å². The van der Waals surface area contributed by atoms with Crippen molar-refractivity contribution in [3.63, 3.8) is 0 Å². The second-order valence-electron chi connectivity index (χ2n) is 7.89. The molecule has 1 aromatic rings. The van der Waals surface area contributed by atoms with Crippen LogP contribution < -0.4 is 4.74 Å². The second-order valence-corrected chi connectivity index (χ2v) is 7.89. The number of phenols is 1. The highest BCUT2D eigenvalue weighted by atomic mass is 16.5. The van der Waals surface area contributed by atoms with Gasteiger partial charge in [0.15, 0.2) is 0 Å². The van der Waals surface area contributed by atoms with E-state index in [2.05, 4.69) is 43.7 Å².